The molecule has 1 unspecified atom stereocenters. The van der Waals surface area contributed by atoms with Gasteiger partial charge in [0.25, 0.3) is 0 Å². The van der Waals surface area contributed by atoms with Crippen LogP contribution in [0.4, 0.5) is 0 Å². The van der Waals surface area contributed by atoms with Crippen LogP contribution in [-0.2, 0) is 9.53 Å². The summed E-state index contributed by atoms with van der Waals surface area (Å²) in [5, 5.41) is 9.28. The van der Waals surface area contributed by atoms with E-state index in [0.29, 0.717) is 37.3 Å². The number of aromatic nitrogens is 4. The van der Waals surface area contributed by atoms with E-state index in [4.69, 9.17) is 4.74 Å². The lowest BCUT2D eigenvalue weighted by Crippen LogP contribution is -2.44. The van der Waals surface area contributed by atoms with Crippen LogP contribution in [0.3, 0.4) is 0 Å². The first kappa shape index (κ1) is 19.6. The highest BCUT2D eigenvalue weighted by molar-refractivity contribution is 8.00. The molecule has 0 radical (unpaired) electrons. The number of carbonyl (C=O) groups excluding carboxylic acids is 1. The molecule has 150 valence electrons. The molecule has 1 atom stereocenters. The molecular weight excluding hydrogens is 386 g/mol. The van der Waals surface area contributed by atoms with Gasteiger partial charge in [-0.05, 0) is 37.6 Å². The molecule has 1 fully saturated rings. The zero-order valence-corrected chi connectivity index (χ0v) is 17.3. The summed E-state index contributed by atoms with van der Waals surface area (Å²) in [6, 6.07) is 11.9. The number of ether oxygens (including phenoxy) is 1. The number of hydrogen-bond acceptors (Lipinski definition) is 6. The molecule has 1 aliphatic heterocycles. The lowest BCUT2D eigenvalue weighted by atomic mass is 10.2. The van der Waals surface area contributed by atoms with Crippen molar-refractivity contribution in [3.63, 3.8) is 0 Å². The van der Waals surface area contributed by atoms with Crippen LogP contribution in [0.5, 0.6) is 0 Å². The van der Waals surface area contributed by atoms with Crippen LogP contribution in [0, 0.1) is 6.92 Å². The van der Waals surface area contributed by atoms with Crippen molar-refractivity contribution in [2.24, 2.45) is 0 Å². The lowest BCUT2D eigenvalue weighted by molar-refractivity contribution is -0.134. The molecule has 29 heavy (non-hydrogen) atoms. The Morgan fingerprint density at radius 1 is 1.14 bits per heavy atom. The number of morpholine rings is 1. The maximum atomic E-state index is 12.9. The highest BCUT2D eigenvalue weighted by atomic mass is 32.2. The summed E-state index contributed by atoms with van der Waals surface area (Å²) in [7, 11) is 0. The van der Waals surface area contributed by atoms with E-state index >= 15 is 0 Å². The molecule has 3 heterocycles. The van der Waals surface area contributed by atoms with Crippen molar-refractivity contribution < 1.29 is 9.53 Å². The van der Waals surface area contributed by atoms with Gasteiger partial charge in [-0.15, -0.1) is 10.2 Å². The molecular formula is C21H23N5O2S. The third kappa shape index (κ3) is 4.18. The van der Waals surface area contributed by atoms with Gasteiger partial charge in [-0.25, -0.2) is 0 Å². The van der Waals surface area contributed by atoms with Crippen LogP contribution in [0.15, 0.2) is 53.9 Å². The predicted octanol–water partition coefficient (Wildman–Crippen LogP) is 2.98. The number of benzene rings is 1. The normalized spacial score (nSPS) is 15.3. The van der Waals surface area contributed by atoms with Gasteiger partial charge < -0.3 is 9.64 Å². The number of nitrogens with zero attached hydrogens (tertiary/aromatic N) is 5. The van der Waals surface area contributed by atoms with E-state index in [2.05, 4.69) is 28.2 Å². The number of thioether (sulfide) groups is 1. The molecule has 2 aromatic heterocycles. The Morgan fingerprint density at radius 2 is 1.93 bits per heavy atom. The van der Waals surface area contributed by atoms with Crippen LogP contribution < -0.4 is 0 Å². The standard InChI is InChI=1S/C21H23N5O2S/c1-15-6-3-4-8-18(15)26-19(17-7-5-9-22-14-17)23-24-21(26)29-16(2)20(27)25-10-12-28-13-11-25/h3-9,14,16H,10-13H2,1-2H3. The first-order chi connectivity index (χ1) is 14.1. The van der Waals surface area contributed by atoms with Gasteiger partial charge in [-0.2, -0.15) is 0 Å². The molecule has 0 saturated carbocycles. The summed E-state index contributed by atoms with van der Waals surface area (Å²) in [6.45, 7) is 6.42. The first-order valence-corrected chi connectivity index (χ1v) is 10.5. The van der Waals surface area contributed by atoms with E-state index in [1.165, 1.54) is 11.8 Å². The fraction of sp³-hybridized carbons (Fsp3) is 0.333. The molecule has 1 amide bonds. The number of hydrogen-bond donors (Lipinski definition) is 0. The second kappa shape index (κ2) is 8.75. The number of amides is 1. The molecule has 7 nitrogen and oxygen atoms in total. The maximum Gasteiger partial charge on any atom is 0.236 e. The van der Waals surface area contributed by atoms with Crippen LogP contribution >= 0.6 is 11.8 Å². The minimum absolute atomic E-state index is 0.0977. The number of carbonyl (C=O) groups is 1. The largest absolute Gasteiger partial charge is 0.378 e. The molecule has 0 aliphatic carbocycles. The second-order valence-electron chi connectivity index (χ2n) is 6.87. The first-order valence-electron chi connectivity index (χ1n) is 9.60. The molecule has 3 aromatic rings. The Labute approximate surface area is 174 Å². The SMILES string of the molecule is Cc1ccccc1-n1c(SC(C)C(=O)N2CCOCC2)nnc1-c1cccnc1. The smallest absolute Gasteiger partial charge is 0.236 e. The second-order valence-corrected chi connectivity index (χ2v) is 8.18. The summed E-state index contributed by atoms with van der Waals surface area (Å²) >= 11 is 1.43. The minimum atomic E-state index is -0.276. The number of rotatable bonds is 5. The average Bonchev–Trinajstić information content (AvgIpc) is 3.18. The summed E-state index contributed by atoms with van der Waals surface area (Å²) in [4.78, 5) is 19.0. The van der Waals surface area contributed by atoms with E-state index < -0.39 is 0 Å². The van der Waals surface area contributed by atoms with Gasteiger partial charge in [-0.3, -0.25) is 14.3 Å². The highest BCUT2D eigenvalue weighted by Gasteiger charge is 2.26. The van der Waals surface area contributed by atoms with Crippen molar-refractivity contribution in [3.05, 3.63) is 54.4 Å². The quantitative estimate of drug-likeness (QED) is 0.603. The lowest BCUT2D eigenvalue weighted by Gasteiger charge is -2.29. The van der Waals surface area contributed by atoms with Crippen LogP contribution in [-0.4, -0.2) is 62.1 Å². The molecule has 1 aliphatic rings. The summed E-state index contributed by atoms with van der Waals surface area (Å²) in [5.74, 6) is 0.807. The third-order valence-electron chi connectivity index (χ3n) is 4.86. The average molecular weight is 410 g/mol. The van der Waals surface area contributed by atoms with Crippen LogP contribution in [0.1, 0.15) is 12.5 Å². The topological polar surface area (TPSA) is 73.1 Å². The summed E-state index contributed by atoms with van der Waals surface area (Å²) in [6.07, 6.45) is 3.51. The maximum absolute atomic E-state index is 12.9. The van der Waals surface area contributed by atoms with Gasteiger partial charge >= 0.3 is 0 Å². The fourth-order valence-corrected chi connectivity index (χ4v) is 4.25. The summed E-state index contributed by atoms with van der Waals surface area (Å²) < 4.78 is 7.37. The fourth-order valence-electron chi connectivity index (χ4n) is 3.31. The molecule has 1 aromatic carbocycles. The zero-order valence-electron chi connectivity index (χ0n) is 16.5. The molecule has 0 spiro atoms. The molecule has 0 bridgehead atoms. The van der Waals surface area contributed by atoms with E-state index in [-0.39, 0.29) is 11.2 Å². The molecule has 1 saturated heterocycles. The number of aryl methyl sites for hydroxylation is 1. The van der Waals surface area contributed by atoms with Crippen LogP contribution in [0.25, 0.3) is 17.1 Å². The van der Waals surface area contributed by atoms with Gasteiger partial charge in [0.15, 0.2) is 11.0 Å². The van der Waals surface area contributed by atoms with Crippen molar-refractivity contribution >= 4 is 17.7 Å². The zero-order chi connectivity index (χ0) is 20.2. The van der Waals surface area contributed by atoms with Gasteiger partial charge in [-0.1, -0.05) is 30.0 Å². The predicted molar refractivity (Wildman–Crippen MR) is 112 cm³/mol. The molecule has 0 N–H and O–H groups in total. The van der Waals surface area contributed by atoms with Crippen molar-refractivity contribution in [3.8, 4) is 17.1 Å². The van der Waals surface area contributed by atoms with E-state index in [1.54, 1.807) is 12.4 Å². The van der Waals surface area contributed by atoms with E-state index in [9.17, 15) is 4.79 Å². The summed E-state index contributed by atoms with van der Waals surface area (Å²) in [5.41, 5.74) is 2.97. The van der Waals surface area contributed by atoms with Crippen molar-refractivity contribution in [1.82, 2.24) is 24.6 Å². The van der Waals surface area contributed by atoms with E-state index in [0.717, 1.165) is 16.8 Å². The van der Waals surface area contributed by atoms with Crippen molar-refractivity contribution in [1.29, 1.82) is 0 Å². The Morgan fingerprint density at radius 3 is 2.66 bits per heavy atom. The Balaban J connectivity index is 1.69. The third-order valence-corrected chi connectivity index (χ3v) is 5.89. The van der Waals surface area contributed by atoms with Gasteiger partial charge in [0.05, 0.1) is 24.2 Å². The van der Waals surface area contributed by atoms with Gasteiger partial charge in [0.2, 0.25) is 5.91 Å². The van der Waals surface area contributed by atoms with Crippen molar-refractivity contribution in [2.45, 2.75) is 24.3 Å². The van der Waals surface area contributed by atoms with Crippen molar-refractivity contribution in [2.75, 3.05) is 26.3 Å². The highest BCUT2D eigenvalue weighted by Crippen LogP contribution is 2.31. The number of para-hydroxylation sites is 1. The number of pyridine rings is 1. The monoisotopic (exact) mass is 409 g/mol. The van der Waals surface area contributed by atoms with Gasteiger partial charge in [0, 0.05) is 31.0 Å². The Hall–Kier alpha value is -2.71. The Bertz CT molecular complexity index is 986. The molecule has 8 heteroatoms. The van der Waals surface area contributed by atoms with E-state index in [1.807, 2.05) is 46.7 Å². The Kier molecular flexibility index (Phi) is 5.92. The van der Waals surface area contributed by atoms with Gasteiger partial charge in [0.1, 0.15) is 0 Å². The van der Waals surface area contributed by atoms with Crippen LogP contribution in [0.2, 0.25) is 0 Å². The molecule has 4 rings (SSSR count). The minimum Gasteiger partial charge on any atom is -0.378 e.